The summed E-state index contributed by atoms with van der Waals surface area (Å²) >= 11 is 9.03. The lowest BCUT2D eigenvalue weighted by Gasteiger charge is -2.43. The van der Waals surface area contributed by atoms with Crippen molar-refractivity contribution in [3.63, 3.8) is 0 Å². The smallest absolute Gasteiger partial charge is 0.305 e. The average molecular weight is 495 g/mol. The van der Waals surface area contributed by atoms with Crippen LogP contribution in [0.4, 0.5) is 5.69 Å². The van der Waals surface area contributed by atoms with Crippen molar-refractivity contribution in [2.75, 3.05) is 4.90 Å². The SMILES string of the molecule is O=C1[C@@H]2[C@H]3C[C@@H]([C@@H]2C(=O)N1c1ccc(Cl)cc1)[C@@H]1[C@H](c2ccccc2)c2sc(=O)[nH]c2S[C@H]31. The Hall–Kier alpha value is -2.35. The summed E-state index contributed by atoms with van der Waals surface area (Å²) in [6.45, 7) is 0. The van der Waals surface area contributed by atoms with Crippen LogP contribution >= 0.6 is 34.7 Å². The number of rotatable bonds is 2. The van der Waals surface area contributed by atoms with Crippen LogP contribution in [0.5, 0.6) is 0 Å². The van der Waals surface area contributed by atoms with E-state index in [-0.39, 0.29) is 57.4 Å². The van der Waals surface area contributed by atoms with Crippen molar-refractivity contribution in [3.8, 4) is 0 Å². The van der Waals surface area contributed by atoms with Gasteiger partial charge in [-0.05, 0) is 54.0 Å². The van der Waals surface area contributed by atoms with Gasteiger partial charge < -0.3 is 4.98 Å². The highest BCUT2D eigenvalue weighted by atomic mass is 35.5. The number of H-pyrrole nitrogens is 1. The number of anilines is 1. The zero-order valence-electron chi connectivity index (χ0n) is 17.3. The van der Waals surface area contributed by atoms with Crippen LogP contribution in [0, 0.1) is 29.6 Å². The molecular weight excluding hydrogens is 476 g/mol. The highest BCUT2D eigenvalue weighted by Crippen LogP contribution is 2.68. The molecule has 8 heteroatoms. The normalized spacial score (nSPS) is 33.8. The number of carbonyl (C=O) groups is 2. The Morgan fingerprint density at radius 3 is 2.33 bits per heavy atom. The molecule has 0 radical (unpaired) electrons. The van der Waals surface area contributed by atoms with E-state index in [1.807, 2.05) is 18.2 Å². The van der Waals surface area contributed by atoms with Gasteiger partial charge in [0.2, 0.25) is 11.8 Å². The fourth-order valence-corrected chi connectivity index (χ4v) is 9.91. The highest BCUT2D eigenvalue weighted by Gasteiger charge is 2.69. The molecule has 7 rings (SSSR count). The number of benzene rings is 2. The van der Waals surface area contributed by atoms with Crippen molar-refractivity contribution in [1.29, 1.82) is 0 Å². The number of hydrogen-bond acceptors (Lipinski definition) is 5. The van der Waals surface area contributed by atoms with Gasteiger partial charge in [0.05, 0.1) is 22.5 Å². The maximum atomic E-state index is 13.7. The number of aromatic amines is 1. The Morgan fingerprint density at radius 1 is 0.909 bits per heavy atom. The molecule has 0 spiro atoms. The third-order valence-electron chi connectivity index (χ3n) is 7.97. The number of amides is 2. The topological polar surface area (TPSA) is 70.2 Å². The van der Waals surface area contributed by atoms with Crippen molar-refractivity contribution in [2.45, 2.75) is 22.6 Å². The molecule has 3 fully saturated rings. The Bertz CT molecular complexity index is 1350. The number of carbonyl (C=O) groups excluding carboxylic acids is 2. The standard InChI is InChI=1S/C25H19ClN2O3S2/c26-12-6-8-13(9-7-12)28-23(29)18-14-10-15(19(18)24(28)30)20-17(14)16(11-4-2-1-3-5-11)21-22(32-20)27-25(31)33-21/h1-9,14-20H,10H2,(H,27,31)/t14-,15-,16+,17-,18+,19-,20-/m1/s1. The summed E-state index contributed by atoms with van der Waals surface area (Å²) in [7, 11) is 0. The number of aromatic nitrogens is 1. The van der Waals surface area contributed by atoms with Gasteiger partial charge in [0, 0.05) is 21.1 Å². The van der Waals surface area contributed by atoms with E-state index in [9.17, 15) is 14.4 Å². The number of thioether (sulfide) groups is 1. The number of nitrogens with one attached hydrogen (secondary N) is 1. The minimum absolute atomic E-state index is 0.0398. The number of imide groups is 1. The maximum Gasteiger partial charge on any atom is 0.305 e. The summed E-state index contributed by atoms with van der Waals surface area (Å²) in [5.41, 5.74) is 1.78. The second-order valence-corrected chi connectivity index (χ2v) is 12.0. The molecule has 3 aromatic rings. The molecule has 2 aromatic carbocycles. The lowest BCUT2D eigenvalue weighted by molar-refractivity contribution is -0.123. The predicted molar refractivity (Wildman–Crippen MR) is 129 cm³/mol. The Labute approximate surface area is 203 Å². The first-order valence-electron chi connectivity index (χ1n) is 11.1. The van der Waals surface area contributed by atoms with Crippen LogP contribution in [0.3, 0.4) is 0 Å². The Kier molecular flexibility index (Phi) is 4.30. The van der Waals surface area contributed by atoms with Gasteiger partial charge in [-0.3, -0.25) is 19.3 Å². The molecule has 33 heavy (non-hydrogen) atoms. The maximum absolute atomic E-state index is 13.7. The van der Waals surface area contributed by atoms with E-state index in [1.165, 1.54) is 21.8 Å². The number of fused-ring (bicyclic) bond motifs is 9. The number of halogens is 1. The molecule has 2 aliphatic carbocycles. The molecule has 1 saturated heterocycles. The number of nitrogens with zero attached hydrogens (tertiary/aromatic N) is 1. The highest BCUT2D eigenvalue weighted by molar-refractivity contribution is 8.00. The number of thiazole rings is 1. The van der Waals surface area contributed by atoms with E-state index in [0.717, 1.165) is 16.3 Å². The van der Waals surface area contributed by atoms with Crippen LogP contribution in [0.15, 0.2) is 64.4 Å². The first-order valence-corrected chi connectivity index (χ1v) is 13.2. The van der Waals surface area contributed by atoms with Gasteiger partial charge in [0.25, 0.3) is 0 Å². The first kappa shape index (κ1) is 20.1. The van der Waals surface area contributed by atoms with Crippen LogP contribution in [0.2, 0.25) is 5.02 Å². The van der Waals surface area contributed by atoms with E-state index in [4.69, 9.17) is 11.6 Å². The fourth-order valence-electron chi connectivity index (χ4n) is 6.90. The van der Waals surface area contributed by atoms with Gasteiger partial charge in [-0.15, -0.1) is 11.8 Å². The predicted octanol–water partition coefficient (Wildman–Crippen LogP) is 4.77. The summed E-state index contributed by atoms with van der Waals surface area (Å²) < 4.78 is 0. The molecule has 7 atom stereocenters. The molecule has 2 bridgehead atoms. The van der Waals surface area contributed by atoms with Crippen LogP contribution < -0.4 is 9.77 Å². The van der Waals surface area contributed by atoms with Crippen molar-refractivity contribution >= 4 is 52.2 Å². The van der Waals surface area contributed by atoms with Crippen molar-refractivity contribution < 1.29 is 9.59 Å². The zero-order valence-corrected chi connectivity index (χ0v) is 19.7. The van der Waals surface area contributed by atoms with Crippen LogP contribution in [0.25, 0.3) is 0 Å². The molecule has 3 heterocycles. The minimum Gasteiger partial charge on any atom is -0.307 e. The van der Waals surface area contributed by atoms with Gasteiger partial charge in [-0.25, -0.2) is 0 Å². The molecule has 2 saturated carbocycles. The van der Waals surface area contributed by atoms with Crippen molar-refractivity contribution in [1.82, 2.24) is 4.98 Å². The molecule has 0 unspecified atom stereocenters. The largest absolute Gasteiger partial charge is 0.307 e. The van der Waals surface area contributed by atoms with E-state index in [1.54, 1.807) is 36.0 Å². The van der Waals surface area contributed by atoms with Gasteiger partial charge in [0.15, 0.2) is 0 Å². The first-order chi connectivity index (χ1) is 16.0. The lowest BCUT2D eigenvalue weighted by atomic mass is 9.68. The van der Waals surface area contributed by atoms with Crippen LogP contribution in [-0.4, -0.2) is 22.0 Å². The zero-order chi connectivity index (χ0) is 22.4. The summed E-state index contributed by atoms with van der Waals surface area (Å²) in [4.78, 5) is 45.0. The minimum atomic E-state index is -0.288. The second kappa shape index (κ2) is 7.08. The molecular formula is C25H19ClN2O3S2. The fraction of sp³-hybridized carbons (Fsp3) is 0.320. The van der Waals surface area contributed by atoms with Crippen LogP contribution in [0.1, 0.15) is 22.8 Å². The summed E-state index contributed by atoms with van der Waals surface area (Å²) in [6, 6.07) is 17.2. The van der Waals surface area contributed by atoms with Gasteiger partial charge in [-0.1, -0.05) is 53.3 Å². The molecule has 166 valence electrons. The monoisotopic (exact) mass is 494 g/mol. The van der Waals surface area contributed by atoms with Gasteiger partial charge >= 0.3 is 4.87 Å². The third kappa shape index (κ3) is 2.70. The molecule has 2 aliphatic heterocycles. The molecule has 5 nitrogen and oxygen atoms in total. The van der Waals surface area contributed by atoms with E-state index < -0.39 is 0 Å². The van der Waals surface area contributed by atoms with Crippen molar-refractivity contribution in [3.05, 3.63) is 79.7 Å². The van der Waals surface area contributed by atoms with Gasteiger partial charge in [0.1, 0.15) is 0 Å². The summed E-state index contributed by atoms with van der Waals surface area (Å²) in [6.07, 6.45) is 0.895. The van der Waals surface area contributed by atoms with E-state index in [2.05, 4.69) is 17.1 Å². The van der Waals surface area contributed by atoms with Crippen molar-refractivity contribution in [2.24, 2.45) is 29.6 Å². The quantitative estimate of drug-likeness (QED) is 0.521. The molecule has 4 aliphatic rings. The second-order valence-electron chi connectivity index (χ2n) is 9.36. The number of hydrogen-bond donors (Lipinski definition) is 1. The Balaban J connectivity index is 1.33. The molecule has 1 N–H and O–H groups in total. The van der Waals surface area contributed by atoms with Gasteiger partial charge in [-0.2, -0.15) is 0 Å². The van der Waals surface area contributed by atoms with E-state index in [0.29, 0.717) is 10.7 Å². The summed E-state index contributed by atoms with van der Waals surface area (Å²) in [5.74, 6) is -0.181. The molecule has 2 amide bonds. The summed E-state index contributed by atoms with van der Waals surface area (Å²) in [5, 5.41) is 1.73. The average Bonchev–Trinajstić information content (AvgIpc) is 3.54. The lowest BCUT2D eigenvalue weighted by Crippen LogP contribution is -2.42. The Morgan fingerprint density at radius 2 is 1.61 bits per heavy atom. The molecule has 1 aromatic heterocycles. The van der Waals surface area contributed by atoms with E-state index >= 15 is 0 Å². The van der Waals surface area contributed by atoms with Crippen LogP contribution in [-0.2, 0) is 9.59 Å². The third-order valence-corrected chi connectivity index (χ3v) is 10.8.